The third-order valence-corrected chi connectivity index (χ3v) is 0. The molecule has 0 amide bonds. The fourth-order valence-corrected chi connectivity index (χ4v) is 0. The van der Waals surface area contributed by atoms with Crippen LogP contribution in [0.4, 0.5) is 0 Å². The third kappa shape index (κ3) is 43.4. The van der Waals surface area contributed by atoms with Crippen LogP contribution < -0.4 is 0 Å². The first kappa shape index (κ1) is 22.4. The zero-order valence-corrected chi connectivity index (χ0v) is 1.92. The molecule has 0 saturated carbocycles. The standard InChI is InChI=1S/Al.BH3O3.Ba.Sr.7H/c;2-1(3)4;;;;;;;;;/h;2-4H;;;;;;;;;. The van der Waals surface area contributed by atoms with E-state index in [0.29, 0.717) is 0 Å². The monoisotopic (exact) mass is 322 g/mol. The Balaban J connectivity index is -0.0000000150. The first-order chi connectivity index (χ1) is 1.73. The molecular weight excluding hydrogens is 311 g/mol. The van der Waals surface area contributed by atoms with Gasteiger partial charge in [-0.2, -0.15) is 0 Å². The summed E-state index contributed by atoms with van der Waals surface area (Å²) in [6, 6.07) is 0. The average molecular weight is 321 g/mol. The van der Waals surface area contributed by atoms with Crippen LogP contribution in [0.5, 0.6) is 0 Å². The van der Waals surface area contributed by atoms with Gasteiger partial charge in [-0.1, -0.05) is 0 Å². The van der Waals surface area contributed by atoms with Gasteiger partial charge in [0.25, 0.3) is 0 Å². The minimum atomic E-state index is -2.17. The van der Waals surface area contributed by atoms with Gasteiger partial charge in [0.2, 0.25) is 0 Å². The molecule has 3 N–H and O–H groups in total. The van der Waals surface area contributed by atoms with Gasteiger partial charge in [-0.25, -0.2) is 0 Å². The van der Waals surface area contributed by atoms with Gasteiger partial charge >= 0.3 is 102 Å². The first-order valence-corrected chi connectivity index (χ1v) is 0.775. The van der Waals surface area contributed by atoms with E-state index in [-0.39, 0.29) is 112 Å². The number of hydrogen-bond acceptors (Lipinski definition) is 3. The molecular formula is H10AlBBaO3Sr. The molecule has 3 nitrogen and oxygen atoms in total. The molecule has 0 aromatic carbocycles. The molecule has 38 valence electrons. The zero-order valence-electron chi connectivity index (χ0n) is 1.92. The summed E-state index contributed by atoms with van der Waals surface area (Å²) in [5, 5.41) is 21.5. The van der Waals surface area contributed by atoms with Crippen molar-refractivity contribution in [1.29, 1.82) is 0 Å². The maximum atomic E-state index is 7.17. The molecule has 0 radical (unpaired) electrons. The van der Waals surface area contributed by atoms with E-state index < -0.39 is 7.32 Å². The van der Waals surface area contributed by atoms with Gasteiger partial charge in [-0.15, -0.1) is 0 Å². The third-order valence-electron chi connectivity index (χ3n) is 0. The van der Waals surface area contributed by atoms with Crippen molar-refractivity contribution in [1.82, 2.24) is 0 Å². The molecule has 7 heteroatoms. The van der Waals surface area contributed by atoms with Gasteiger partial charge < -0.3 is 15.1 Å². The van der Waals surface area contributed by atoms with E-state index in [0.717, 1.165) is 0 Å². The Bertz CT molecular complexity index is 19.7. The van der Waals surface area contributed by atoms with Crippen molar-refractivity contribution in [3.63, 3.8) is 0 Å². The van der Waals surface area contributed by atoms with Crippen molar-refractivity contribution in [2.45, 2.75) is 0 Å². The SMILES string of the molecule is OB(O)O.[AlH3].[BaH2].[SrH2]. The predicted octanol–water partition coefficient (Wildman–Crippen LogP) is -5.07. The Kier molecular flexibility index (Phi) is 52.1. The van der Waals surface area contributed by atoms with Gasteiger partial charge in [0, 0.05) is 0 Å². The summed E-state index contributed by atoms with van der Waals surface area (Å²) in [5.41, 5.74) is 0. The van der Waals surface area contributed by atoms with Crippen molar-refractivity contribution in [2.24, 2.45) is 0 Å². The normalized spacial score (nSPS) is 3.86. The summed E-state index contributed by atoms with van der Waals surface area (Å²) in [6.45, 7) is 0. The molecule has 0 aromatic heterocycles. The van der Waals surface area contributed by atoms with E-state index in [4.69, 9.17) is 15.1 Å². The van der Waals surface area contributed by atoms with E-state index >= 15 is 0 Å². The Hall–Kier alpha value is 3.53. The van der Waals surface area contributed by atoms with Gasteiger partial charge in [0.15, 0.2) is 17.4 Å². The Morgan fingerprint density at radius 1 is 1.00 bits per heavy atom. The van der Waals surface area contributed by atoms with Crippen LogP contribution in [0, 0.1) is 0 Å². The summed E-state index contributed by atoms with van der Waals surface area (Å²) < 4.78 is 0. The molecule has 0 bridgehead atoms. The maximum absolute atomic E-state index is 7.17. The fraction of sp³-hybridized carbons (Fsp3) is 0. The molecule has 0 spiro atoms. The van der Waals surface area contributed by atoms with E-state index in [2.05, 4.69) is 0 Å². The van der Waals surface area contributed by atoms with E-state index in [1.807, 2.05) is 0 Å². The van der Waals surface area contributed by atoms with Crippen LogP contribution in [0.2, 0.25) is 0 Å². The van der Waals surface area contributed by atoms with Crippen LogP contribution in [0.15, 0.2) is 0 Å². The van der Waals surface area contributed by atoms with Crippen molar-refractivity contribution >= 4 is 119 Å². The van der Waals surface area contributed by atoms with Crippen LogP contribution >= 0.6 is 0 Å². The quantitative estimate of drug-likeness (QED) is 0.392. The Morgan fingerprint density at radius 2 is 1.00 bits per heavy atom. The van der Waals surface area contributed by atoms with E-state index in [1.54, 1.807) is 0 Å². The number of rotatable bonds is 0. The Morgan fingerprint density at radius 3 is 1.00 bits per heavy atom. The van der Waals surface area contributed by atoms with Crippen molar-refractivity contribution in [3.8, 4) is 0 Å². The van der Waals surface area contributed by atoms with Gasteiger partial charge in [-0.3, -0.25) is 0 Å². The van der Waals surface area contributed by atoms with Crippen LogP contribution in [-0.4, -0.2) is 134 Å². The van der Waals surface area contributed by atoms with Gasteiger partial charge in [0.1, 0.15) is 0 Å². The van der Waals surface area contributed by atoms with Gasteiger partial charge in [0.05, 0.1) is 0 Å². The van der Waals surface area contributed by atoms with Crippen molar-refractivity contribution in [3.05, 3.63) is 0 Å². The molecule has 0 atom stereocenters. The fourth-order valence-electron chi connectivity index (χ4n) is 0. The molecule has 0 aliphatic rings. The van der Waals surface area contributed by atoms with Crippen LogP contribution in [-0.2, 0) is 0 Å². The van der Waals surface area contributed by atoms with Crippen LogP contribution in [0.25, 0.3) is 0 Å². The predicted molar refractivity (Wildman–Crippen MR) is 39.4 cm³/mol. The molecule has 0 rings (SSSR count). The first-order valence-electron chi connectivity index (χ1n) is 0.775. The Labute approximate surface area is 131 Å². The number of hydrogen-bond donors (Lipinski definition) is 3. The van der Waals surface area contributed by atoms with E-state index in [9.17, 15) is 0 Å². The van der Waals surface area contributed by atoms with Gasteiger partial charge in [-0.05, 0) is 0 Å². The molecule has 7 heavy (non-hydrogen) atoms. The summed E-state index contributed by atoms with van der Waals surface area (Å²) >= 11 is 0. The molecule has 0 unspecified atom stereocenters. The molecule has 0 fully saturated rings. The average Bonchev–Trinajstić information content (AvgIpc) is 0.811. The topological polar surface area (TPSA) is 60.7 Å². The second-order valence-electron chi connectivity index (χ2n) is 0.346. The summed E-state index contributed by atoms with van der Waals surface area (Å²) in [4.78, 5) is 0. The minimum absolute atomic E-state index is 0. The van der Waals surface area contributed by atoms with Crippen LogP contribution in [0.3, 0.4) is 0 Å². The summed E-state index contributed by atoms with van der Waals surface area (Å²) in [7, 11) is -2.17. The molecule has 0 aliphatic carbocycles. The molecule has 0 aliphatic heterocycles. The summed E-state index contributed by atoms with van der Waals surface area (Å²) in [6.07, 6.45) is 0. The zero-order chi connectivity index (χ0) is 3.58. The molecule has 0 heterocycles. The van der Waals surface area contributed by atoms with Crippen molar-refractivity contribution in [2.75, 3.05) is 0 Å². The van der Waals surface area contributed by atoms with E-state index in [1.165, 1.54) is 0 Å². The molecule has 0 saturated heterocycles. The second-order valence-corrected chi connectivity index (χ2v) is 0.346. The van der Waals surface area contributed by atoms with Crippen molar-refractivity contribution < 1.29 is 15.1 Å². The molecule has 0 aromatic rings. The summed E-state index contributed by atoms with van der Waals surface area (Å²) in [5.74, 6) is 0. The second kappa shape index (κ2) is 16.3. The van der Waals surface area contributed by atoms with Crippen LogP contribution in [0.1, 0.15) is 0 Å².